The van der Waals surface area contributed by atoms with E-state index in [1.54, 1.807) is 30.3 Å². The van der Waals surface area contributed by atoms with Crippen molar-refractivity contribution in [1.29, 1.82) is 0 Å². The molecule has 2 rings (SSSR count). The maximum atomic E-state index is 10.4. The number of nitro groups is 1. The second-order valence-electron chi connectivity index (χ2n) is 3.21. The summed E-state index contributed by atoms with van der Waals surface area (Å²) in [5.41, 5.74) is -0.0277. The number of pyridine rings is 1. The lowest BCUT2D eigenvalue weighted by Crippen LogP contribution is -1.89. The Balaban J connectivity index is 2.13. The first-order valence-corrected chi connectivity index (χ1v) is 5.54. The molecule has 0 fully saturated rings. The highest BCUT2D eigenvalue weighted by Crippen LogP contribution is 2.27. The quantitative estimate of drug-likeness (QED) is 0.667. The van der Waals surface area contributed by atoms with E-state index in [4.69, 9.17) is 5.11 Å². The van der Waals surface area contributed by atoms with Crippen LogP contribution in [0.15, 0.2) is 52.5 Å². The molecule has 1 aromatic carbocycles. The lowest BCUT2D eigenvalue weighted by Gasteiger charge is -2.00. The Bertz CT molecular complexity index is 525. The molecule has 0 spiro atoms. The summed E-state index contributed by atoms with van der Waals surface area (Å²) in [6, 6.07) is 9.67. The standard InChI is InChI=1S/C11H8N2O3S/c14-9-2-4-10(5-3-9)17-11-6-1-8(7-12-11)13(15)16/h1-7,14H. The Morgan fingerprint density at radius 2 is 1.88 bits per heavy atom. The van der Waals surface area contributed by atoms with E-state index < -0.39 is 4.92 Å². The van der Waals surface area contributed by atoms with Gasteiger partial charge in [0.1, 0.15) is 17.0 Å². The van der Waals surface area contributed by atoms with Gasteiger partial charge in [-0.25, -0.2) is 4.98 Å². The fraction of sp³-hybridized carbons (Fsp3) is 0. The van der Waals surface area contributed by atoms with E-state index >= 15 is 0 Å². The SMILES string of the molecule is O=[N+]([O-])c1ccc(Sc2ccc(O)cc2)nc1. The number of aromatic nitrogens is 1. The van der Waals surface area contributed by atoms with Crippen LogP contribution in [0.25, 0.3) is 0 Å². The van der Waals surface area contributed by atoms with Crippen LogP contribution in [-0.4, -0.2) is 15.0 Å². The summed E-state index contributed by atoms with van der Waals surface area (Å²) in [4.78, 5) is 14.8. The second kappa shape index (κ2) is 4.84. The van der Waals surface area contributed by atoms with E-state index in [1.165, 1.54) is 24.0 Å². The highest BCUT2D eigenvalue weighted by molar-refractivity contribution is 7.99. The van der Waals surface area contributed by atoms with Crippen molar-refractivity contribution in [2.75, 3.05) is 0 Å². The molecule has 0 bridgehead atoms. The molecule has 86 valence electrons. The largest absolute Gasteiger partial charge is 0.508 e. The number of phenols is 1. The summed E-state index contributed by atoms with van der Waals surface area (Å²) in [5, 5.41) is 20.2. The van der Waals surface area contributed by atoms with Crippen molar-refractivity contribution in [2.45, 2.75) is 9.92 Å². The summed E-state index contributed by atoms with van der Waals surface area (Å²) < 4.78 is 0. The maximum Gasteiger partial charge on any atom is 0.287 e. The molecule has 6 heteroatoms. The van der Waals surface area contributed by atoms with Crippen LogP contribution in [0, 0.1) is 10.1 Å². The molecule has 0 aliphatic rings. The van der Waals surface area contributed by atoms with Gasteiger partial charge in [0.2, 0.25) is 0 Å². The molecule has 0 unspecified atom stereocenters. The highest BCUT2D eigenvalue weighted by atomic mass is 32.2. The van der Waals surface area contributed by atoms with Gasteiger partial charge in [0.05, 0.1) is 4.92 Å². The van der Waals surface area contributed by atoms with E-state index in [0.717, 1.165) is 4.90 Å². The predicted octanol–water partition coefficient (Wildman–Crippen LogP) is 2.85. The molecule has 0 aliphatic carbocycles. The Morgan fingerprint density at radius 1 is 1.18 bits per heavy atom. The van der Waals surface area contributed by atoms with Crippen molar-refractivity contribution in [3.05, 3.63) is 52.7 Å². The molecule has 0 saturated heterocycles. The zero-order valence-electron chi connectivity index (χ0n) is 8.61. The average Bonchev–Trinajstić information content (AvgIpc) is 2.33. The number of aromatic hydroxyl groups is 1. The van der Waals surface area contributed by atoms with Crippen LogP contribution in [0.5, 0.6) is 5.75 Å². The van der Waals surface area contributed by atoms with E-state index in [-0.39, 0.29) is 11.4 Å². The van der Waals surface area contributed by atoms with Gasteiger partial charge in [0.15, 0.2) is 0 Å². The Hall–Kier alpha value is -2.08. The predicted molar refractivity (Wildman–Crippen MR) is 63.1 cm³/mol. The molecular weight excluding hydrogens is 240 g/mol. The molecule has 17 heavy (non-hydrogen) atoms. The van der Waals surface area contributed by atoms with Crippen LogP contribution < -0.4 is 0 Å². The van der Waals surface area contributed by atoms with Gasteiger partial charge in [-0.2, -0.15) is 0 Å². The highest BCUT2D eigenvalue weighted by Gasteiger charge is 2.06. The third-order valence-electron chi connectivity index (χ3n) is 1.99. The zero-order chi connectivity index (χ0) is 12.3. The number of rotatable bonds is 3. The summed E-state index contributed by atoms with van der Waals surface area (Å²) in [7, 11) is 0. The Labute approximate surface area is 101 Å². The van der Waals surface area contributed by atoms with E-state index in [0.29, 0.717) is 5.03 Å². The normalized spacial score (nSPS) is 10.1. The minimum atomic E-state index is -0.484. The first-order valence-electron chi connectivity index (χ1n) is 4.72. The third-order valence-corrected chi connectivity index (χ3v) is 2.95. The number of hydrogen-bond donors (Lipinski definition) is 1. The second-order valence-corrected chi connectivity index (χ2v) is 4.30. The topological polar surface area (TPSA) is 76.3 Å². The molecule has 0 atom stereocenters. The first kappa shape index (κ1) is 11.4. The van der Waals surface area contributed by atoms with Gasteiger partial charge in [0, 0.05) is 11.0 Å². The molecule has 5 nitrogen and oxygen atoms in total. The lowest BCUT2D eigenvalue weighted by molar-refractivity contribution is -0.385. The number of benzene rings is 1. The van der Waals surface area contributed by atoms with Crippen molar-refractivity contribution in [2.24, 2.45) is 0 Å². The lowest BCUT2D eigenvalue weighted by atomic mass is 10.3. The van der Waals surface area contributed by atoms with Gasteiger partial charge in [0.25, 0.3) is 5.69 Å². The summed E-state index contributed by atoms with van der Waals surface area (Å²) in [5.74, 6) is 0.200. The van der Waals surface area contributed by atoms with Gasteiger partial charge in [-0.05, 0) is 30.3 Å². The Morgan fingerprint density at radius 3 is 2.41 bits per heavy atom. The van der Waals surface area contributed by atoms with Crippen LogP contribution in [0.1, 0.15) is 0 Å². The zero-order valence-corrected chi connectivity index (χ0v) is 9.42. The molecule has 1 aromatic heterocycles. The van der Waals surface area contributed by atoms with Crippen molar-refractivity contribution in [3.8, 4) is 5.75 Å². The molecular formula is C11H8N2O3S. The fourth-order valence-corrected chi connectivity index (χ4v) is 1.93. The third kappa shape index (κ3) is 2.94. The Kier molecular flexibility index (Phi) is 3.24. The molecule has 0 aliphatic heterocycles. The first-order chi connectivity index (χ1) is 8.15. The average molecular weight is 248 g/mol. The summed E-state index contributed by atoms with van der Waals surface area (Å²) >= 11 is 1.37. The van der Waals surface area contributed by atoms with Crippen LogP contribution >= 0.6 is 11.8 Å². The minimum absolute atomic E-state index is 0.0277. The summed E-state index contributed by atoms with van der Waals surface area (Å²) in [6.45, 7) is 0. The van der Waals surface area contributed by atoms with Gasteiger partial charge in [-0.3, -0.25) is 10.1 Å². The van der Waals surface area contributed by atoms with Crippen LogP contribution in [0.4, 0.5) is 5.69 Å². The van der Waals surface area contributed by atoms with Crippen molar-refractivity contribution in [1.82, 2.24) is 4.98 Å². The number of hydrogen-bond acceptors (Lipinski definition) is 5. The van der Waals surface area contributed by atoms with Gasteiger partial charge in [-0.1, -0.05) is 11.8 Å². The molecule has 0 radical (unpaired) electrons. The van der Waals surface area contributed by atoms with Crippen molar-refractivity contribution in [3.63, 3.8) is 0 Å². The number of phenolic OH excluding ortho intramolecular Hbond substituents is 1. The maximum absolute atomic E-state index is 10.4. The fourth-order valence-electron chi connectivity index (χ4n) is 1.18. The van der Waals surface area contributed by atoms with E-state index in [2.05, 4.69) is 4.98 Å². The van der Waals surface area contributed by atoms with Crippen LogP contribution in [0.3, 0.4) is 0 Å². The molecule has 0 amide bonds. The monoisotopic (exact) mass is 248 g/mol. The molecule has 1 heterocycles. The minimum Gasteiger partial charge on any atom is -0.508 e. The number of nitrogens with zero attached hydrogens (tertiary/aromatic N) is 2. The van der Waals surface area contributed by atoms with Crippen molar-refractivity contribution < 1.29 is 10.0 Å². The van der Waals surface area contributed by atoms with Crippen LogP contribution in [0.2, 0.25) is 0 Å². The van der Waals surface area contributed by atoms with E-state index in [1.807, 2.05) is 0 Å². The van der Waals surface area contributed by atoms with E-state index in [9.17, 15) is 10.1 Å². The smallest absolute Gasteiger partial charge is 0.287 e. The molecule has 0 saturated carbocycles. The summed E-state index contributed by atoms with van der Waals surface area (Å²) in [6.07, 6.45) is 1.22. The van der Waals surface area contributed by atoms with Gasteiger partial charge >= 0.3 is 0 Å². The van der Waals surface area contributed by atoms with Crippen molar-refractivity contribution >= 4 is 17.4 Å². The molecule has 2 aromatic rings. The van der Waals surface area contributed by atoms with Gasteiger partial charge < -0.3 is 5.11 Å². The van der Waals surface area contributed by atoms with Gasteiger partial charge in [-0.15, -0.1) is 0 Å². The molecule has 1 N–H and O–H groups in total. The van der Waals surface area contributed by atoms with Crippen LogP contribution in [-0.2, 0) is 0 Å².